The van der Waals surface area contributed by atoms with E-state index in [0.717, 1.165) is 16.9 Å². The molecule has 0 aliphatic carbocycles. The lowest BCUT2D eigenvalue weighted by atomic mass is 10.0. The van der Waals surface area contributed by atoms with Crippen LogP contribution >= 0.6 is 0 Å². The van der Waals surface area contributed by atoms with Gasteiger partial charge in [-0.05, 0) is 30.2 Å². The van der Waals surface area contributed by atoms with E-state index in [1.54, 1.807) is 0 Å². The minimum absolute atomic E-state index is 0.942. The summed E-state index contributed by atoms with van der Waals surface area (Å²) in [6.45, 7) is 5.86. The van der Waals surface area contributed by atoms with Crippen molar-refractivity contribution >= 4 is 17.1 Å². The van der Waals surface area contributed by atoms with Crippen LogP contribution in [-0.4, -0.2) is 9.97 Å². The third-order valence-electron chi connectivity index (χ3n) is 3.19. The van der Waals surface area contributed by atoms with E-state index in [1.807, 2.05) is 18.3 Å². The number of H-pyrrole nitrogens is 1. The minimum atomic E-state index is 0.942. The third-order valence-corrected chi connectivity index (χ3v) is 3.19. The fourth-order valence-corrected chi connectivity index (χ4v) is 2.31. The largest absolute Gasteiger partial charge is 0.343 e. The van der Waals surface area contributed by atoms with Gasteiger partial charge in [0.2, 0.25) is 0 Å². The Morgan fingerprint density at radius 2 is 1.94 bits per heavy atom. The van der Waals surface area contributed by atoms with Gasteiger partial charge in [0.1, 0.15) is 5.65 Å². The molecule has 2 heteroatoms. The zero-order chi connectivity index (χ0) is 12.5. The maximum absolute atomic E-state index is 4.35. The van der Waals surface area contributed by atoms with Gasteiger partial charge in [0.15, 0.2) is 0 Å². The Balaban J connectivity index is 2.23. The second-order valence-electron chi connectivity index (χ2n) is 4.35. The molecule has 0 fully saturated rings. The second-order valence-corrected chi connectivity index (χ2v) is 4.35. The molecule has 0 aliphatic heterocycles. The molecule has 3 aromatic rings. The Kier molecular flexibility index (Phi) is 2.49. The standard InChI is InChI=1S/C16H14N2/c1-3-12-6-8-13(9-7-12)15-11(2)18-16-14(15)5-4-10-17-16/h3-10H,1H2,2H3,(H,17,18). The highest BCUT2D eigenvalue weighted by atomic mass is 14.9. The number of hydrogen-bond donors (Lipinski definition) is 1. The van der Waals surface area contributed by atoms with Gasteiger partial charge in [0.05, 0.1) is 0 Å². The quantitative estimate of drug-likeness (QED) is 0.708. The van der Waals surface area contributed by atoms with Crippen LogP contribution in [0.15, 0.2) is 49.2 Å². The molecule has 18 heavy (non-hydrogen) atoms. The number of aromatic amines is 1. The average molecular weight is 234 g/mol. The topological polar surface area (TPSA) is 28.7 Å². The van der Waals surface area contributed by atoms with Crippen molar-refractivity contribution in [1.29, 1.82) is 0 Å². The summed E-state index contributed by atoms with van der Waals surface area (Å²) in [6, 6.07) is 12.5. The van der Waals surface area contributed by atoms with Crippen molar-refractivity contribution in [1.82, 2.24) is 9.97 Å². The first-order valence-electron chi connectivity index (χ1n) is 5.96. The molecular weight excluding hydrogens is 220 g/mol. The molecule has 0 atom stereocenters. The molecule has 0 unspecified atom stereocenters. The van der Waals surface area contributed by atoms with Gasteiger partial charge in [-0.3, -0.25) is 0 Å². The van der Waals surface area contributed by atoms with Crippen molar-refractivity contribution in [2.24, 2.45) is 0 Å². The SMILES string of the molecule is C=Cc1ccc(-c2c(C)[nH]c3ncccc23)cc1. The third kappa shape index (κ3) is 1.63. The van der Waals surface area contributed by atoms with E-state index in [1.165, 1.54) is 16.5 Å². The van der Waals surface area contributed by atoms with Crippen molar-refractivity contribution in [2.45, 2.75) is 6.92 Å². The van der Waals surface area contributed by atoms with Crippen molar-refractivity contribution < 1.29 is 0 Å². The number of nitrogens with one attached hydrogen (secondary N) is 1. The fourth-order valence-electron chi connectivity index (χ4n) is 2.31. The van der Waals surface area contributed by atoms with Crippen molar-refractivity contribution in [3.63, 3.8) is 0 Å². The minimum Gasteiger partial charge on any atom is -0.343 e. The first-order chi connectivity index (χ1) is 8.79. The van der Waals surface area contributed by atoms with E-state index in [9.17, 15) is 0 Å². The van der Waals surface area contributed by atoms with Gasteiger partial charge in [-0.2, -0.15) is 0 Å². The molecule has 0 amide bonds. The lowest BCUT2D eigenvalue weighted by Gasteiger charge is -2.02. The van der Waals surface area contributed by atoms with Crippen LogP contribution in [0.4, 0.5) is 0 Å². The van der Waals surface area contributed by atoms with Crippen LogP contribution in [0.5, 0.6) is 0 Å². The predicted molar refractivity (Wildman–Crippen MR) is 76.4 cm³/mol. The molecule has 1 aromatic carbocycles. The van der Waals surface area contributed by atoms with Crippen LogP contribution in [0.3, 0.4) is 0 Å². The number of fused-ring (bicyclic) bond motifs is 1. The number of rotatable bonds is 2. The van der Waals surface area contributed by atoms with E-state index in [4.69, 9.17) is 0 Å². The maximum Gasteiger partial charge on any atom is 0.138 e. The predicted octanol–water partition coefficient (Wildman–Crippen LogP) is 4.18. The first-order valence-corrected chi connectivity index (χ1v) is 5.96. The zero-order valence-electron chi connectivity index (χ0n) is 10.3. The lowest BCUT2D eigenvalue weighted by Crippen LogP contribution is -1.80. The molecular formula is C16H14N2. The molecule has 2 heterocycles. The number of nitrogens with zero attached hydrogens (tertiary/aromatic N) is 1. The summed E-state index contributed by atoms with van der Waals surface area (Å²) in [7, 11) is 0. The molecule has 0 aliphatic rings. The van der Waals surface area contributed by atoms with E-state index in [0.29, 0.717) is 0 Å². The Labute approximate surface area is 106 Å². The summed E-state index contributed by atoms with van der Waals surface area (Å²) in [5, 5.41) is 1.17. The number of aryl methyl sites for hydroxylation is 1. The fraction of sp³-hybridized carbons (Fsp3) is 0.0625. The van der Waals surface area contributed by atoms with Crippen LogP contribution in [-0.2, 0) is 0 Å². The van der Waals surface area contributed by atoms with E-state index in [-0.39, 0.29) is 0 Å². The summed E-state index contributed by atoms with van der Waals surface area (Å²) in [5.41, 5.74) is 5.66. The molecule has 0 saturated carbocycles. The van der Waals surface area contributed by atoms with Gasteiger partial charge in [-0.1, -0.05) is 36.9 Å². The van der Waals surface area contributed by atoms with E-state index < -0.39 is 0 Å². The number of pyridine rings is 1. The average Bonchev–Trinajstić information content (AvgIpc) is 2.75. The summed E-state index contributed by atoms with van der Waals surface area (Å²) in [5.74, 6) is 0. The van der Waals surface area contributed by atoms with Gasteiger partial charge in [-0.15, -0.1) is 0 Å². The Morgan fingerprint density at radius 1 is 1.17 bits per heavy atom. The molecule has 0 radical (unpaired) electrons. The van der Waals surface area contributed by atoms with Crippen LogP contribution in [0.1, 0.15) is 11.3 Å². The van der Waals surface area contributed by atoms with Crippen molar-refractivity contribution in [3.05, 3.63) is 60.4 Å². The molecule has 3 rings (SSSR count). The molecule has 0 bridgehead atoms. The molecule has 2 aromatic heterocycles. The van der Waals surface area contributed by atoms with Crippen molar-refractivity contribution in [2.75, 3.05) is 0 Å². The number of benzene rings is 1. The Bertz CT molecular complexity index is 706. The van der Waals surface area contributed by atoms with E-state index >= 15 is 0 Å². The highest BCUT2D eigenvalue weighted by molar-refractivity contribution is 5.95. The summed E-state index contributed by atoms with van der Waals surface area (Å²) < 4.78 is 0. The van der Waals surface area contributed by atoms with E-state index in [2.05, 4.69) is 53.8 Å². The number of aromatic nitrogens is 2. The molecule has 2 nitrogen and oxygen atoms in total. The van der Waals surface area contributed by atoms with Gasteiger partial charge in [0, 0.05) is 22.8 Å². The molecule has 0 saturated heterocycles. The van der Waals surface area contributed by atoms with Gasteiger partial charge in [0.25, 0.3) is 0 Å². The maximum atomic E-state index is 4.35. The van der Waals surface area contributed by atoms with Gasteiger partial charge in [-0.25, -0.2) is 4.98 Å². The Hall–Kier alpha value is -2.35. The summed E-state index contributed by atoms with van der Waals surface area (Å²) in [4.78, 5) is 7.67. The zero-order valence-corrected chi connectivity index (χ0v) is 10.3. The highest BCUT2D eigenvalue weighted by Crippen LogP contribution is 2.31. The van der Waals surface area contributed by atoms with Crippen LogP contribution < -0.4 is 0 Å². The normalized spacial score (nSPS) is 10.7. The monoisotopic (exact) mass is 234 g/mol. The molecule has 88 valence electrons. The smallest absolute Gasteiger partial charge is 0.138 e. The molecule has 0 spiro atoms. The Morgan fingerprint density at radius 3 is 2.67 bits per heavy atom. The van der Waals surface area contributed by atoms with Crippen LogP contribution in [0.2, 0.25) is 0 Å². The van der Waals surface area contributed by atoms with Crippen molar-refractivity contribution in [3.8, 4) is 11.1 Å². The molecule has 1 N–H and O–H groups in total. The lowest BCUT2D eigenvalue weighted by molar-refractivity contribution is 1.25. The second kappa shape index (κ2) is 4.15. The van der Waals surface area contributed by atoms with Gasteiger partial charge >= 0.3 is 0 Å². The summed E-state index contributed by atoms with van der Waals surface area (Å²) in [6.07, 6.45) is 3.66. The van der Waals surface area contributed by atoms with Crippen LogP contribution in [0.25, 0.3) is 28.2 Å². The van der Waals surface area contributed by atoms with Gasteiger partial charge < -0.3 is 4.98 Å². The summed E-state index contributed by atoms with van der Waals surface area (Å²) >= 11 is 0. The number of hydrogen-bond acceptors (Lipinski definition) is 1. The highest BCUT2D eigenvalue weighted by Gasteiger charge is 2.10. The first kappa shape index (κ1) is 10.8. The van der Waals surface area contributed by atoms with Crippen LogP contribution in [0, 0.1) is 6.92 Å².